The first-order valence-corrected chi connectivity index (χ1v) is 7.96. The summed E-state index contributed by atoms with van der Waals surface area (Å²) in [5.41, 5.74) is 0.0215. The Morgan fingerprint density at radius 2 is 1.75 bits per heavy atom. The number of hydrogen-bond acceptors (Lipinski definition) is 6. The molecule has 7 nitrogen and oxygen atoms in total. The number of carbonyl (C=O) groups excluding carboxylic acids is 1. The van der Waals surface area contributed by atoms with Gasteiger partial charge in [0.15, 0.2) is 40.5 Å². The zero-order valence-corrected chi connectivity index (χ0v) is 14.0. The molecule has 10 heteroatoms. The normalized spacial score (nSPS) is 12.0. The van der Waals surface area contributed by atoms with Crippen LogP contribution in [-0.4, -0.2) is 22.9 Å². The van der Waals surface area contributed by atoms with Crippen LogP contribution in [0.4, 0.5) is 30.4 Å². The predicted octanol–water partition coefficient (Wildman–Crippen LogP) is 3.62. The molecule has 1 amide bonds. The Morgan fingerprint density at radius 1 is 0.929 bits per heavy atom. The van der Waals surface area contributed by atoms with E-state index >= 15 is 0 Å². The fourth-order valence-corrected chi connectivity index (χ4v) is 2.45. The van der Waals surface area contributed by atoms with Crippen LogP contribution in [0.3, 0.4) is 0 Å². The molecule has 2 heterocycles. The number of carbonyl (C=O) groups is 1. The summed E-state index contributed by atoms with van der Waals surface area (Å²) in [5, 5.41) is 12.7. The van der Waals surface area contributed by atoms with E-state index in [-0.39, 0.29) is 12.5 Å². The van der Waals surface area contributed by atoms with Gasteiger partial charge < -0.3 is 20.1 Å². The van der Waals surface area contributed by atoms with E-state index in [0.717, 1.165) is 6.07 Å². The van der Waals surface area contributed by atoms with Crippen molar-refractivity contribution in [2.24, 2.45) is 0 Å². The molecule has 0 unspecified atom stereocenters. The van der Waals surface area contributed by atoms with Crippen molar-refractivity contribution in [3.8, 4) is 11.5 Å². The second kappa shape index (κ2) is 7.06. The maximum Gasteiger partial charge on any atom is 0.276 e. The van der Waals surface area contributed by atoms with Gasteiger partial charge in [0.1, 0.15) is 0 Å². The van der Waals surface area contributed by atoms with Crippen molar-refractivity contribution in [3.63, 3.8) is 0 Å². The number of aromatic nitrogens is 2. The number of amides is 1. The van der Waals surface area contributed by atoms with Crippen LogP contribution in [0.5, 0.6) is 11.5 Å². The molecule has 0 bridgehead atoms. The molecule has 1 aliphatic rings. The molecule has 1 aliphatic heterocycles. The third-order valence-electron chi connectivity index (χ3n) is 3.83. The molecule has 0 fully saturated rings. The van der Waals surface area contributed by atoms with Crippen molar-refractivity contribution < 1.29 is 27.4 Å². The maximum atomic E-state index is 13.6. The van der Waals surface area contributed by atoms with Crippen molar-refractivity contribution in [1.29, 1.82) is 0 Å². The van der Waals surface area contributed by atoms with Gasteiger partial charge in [0.25, 0.3) is 5.91 Å². The Balaban J connectivity index is 1.45. The Labute approximate surface area is 156 Å². The second-order valence-electron chi connectivity index (χ2n) is 5.67. The zero-order chi connectivity index (χ0) is 19.7. The van der Waals surface area contributed by atoms with E-state index in [4.69, 9.17) is 9.47 Å². The van der Waals surface area contributed by atoms with Crippen LogP contribution in [0.25, 0.3) is 0 Å². The summed E-state index contributed by atoms with van der Waals surface area (Å²) in [6.45, 7) is 0.154. The highest BCUT2D eigenvalue weighted by Gasteiger charge is 2.17. The first kappa shape index (κ1) is 17.6. The third-order valence-corrected chi connectivity index (χ3v) is 3.83. The molecular weight excluding hydrogens is 377 g/mol. The van der Waals surface area contributed by atoms with Crippen LogP contribution in [0, 0.1) is 17.5 Å². The summed E-state index contributed by atoms with van der Waals surface area (Å²) in [5.74, 6) is -3.79. The molecule has 2 aromatic carbocycles. The fraction of sp³-hybridized carbons (Fsp3) is 0.0556. The highest BCUT2D eigenvalue weighted by molar-refractivity contribution is 6.02. The van der Waals surface area contributed by atoms with Gasteiger partial charge in [-0.2, -0.15) is 0 Å². The molecule has 0 atom stereocenters. The van der Waals surface area contributed by atoms with Crippen LogP contribution in [0.2, 0.25) is 0 Å². The van der Waals surface area contributed by atoms with Gasteiger partial charge in [0.05, 0.1) is 5.69 Å². The predicted molar refractivity (Wildman–Crippen MR) is 92.1 cm³/mol. The van der Waals surface area contributed by atoms with E-state index in [0.29, 0.717) is 29.1 Å². The number of anilines is 3. The number of hydrogen-bond donors (Lipinski definition) is 2. The summed E-state index contributed by atoms with van der Waals surface area (Å²) in [6, 6.07) is 9.64. The molecule has 4 rings (SSSR count). The Bertz CT molecular complexity index is 1060. The molecule has 0 aliphatic carbocycles. The van der Waals surface area contributed by atoms with E-state index in [9.17, 15) is 18.0 Å². The molecule has 3 aromatic rings. The van der Waals surface area contributed by atoms with Crippen LogP contribution in [0.1, 0.15) is 10.5 Å². The molecule has 1 aromatic heterocycles. The lowest BCUT2D eigenvalue weighted by molar-refractivity contribution is 0.102. The monoisotopic (exact) mass is 388 g/mol. The van der Waals surface area contributed by atoms with Gasteiger partial charge in [0, 0.05) is 11.8 Å². The minimum Gasteiger partial charge on any atom is -0.454 e. The van der Waals surface area contributed by atoms with Gasteiger partial charge in [-0.3, -0.25) is 4.79 Å². The molecule has 0 saturated heterocycles. The lowest BCUT2D eigenvalue weighted by Gasteiger charge is -2.08. The topological polar surface area (TPSA) is 85.4 Å². The fourth-order valence-electron chi connectivity index (χ4n) is 2.45. The van der Waals surface area contributed by atoms with E-state index in [1.54, 1.807) is 18.2 Å². The van der Waals surface area contributed by atoms with E-state index < -0.39 is 29.0 Å². The van der Waals surface area contributed by atoms with Gasteiger partial charge in [-0.1, -0.05) is 0 Å². The molecule has 0 spiro atoms. The van der Waals surface area contributed by atoms with Gasteiger partial charge in [-0.05, 0) is 36.4 Å². The quantitative estimate of drug-likeness (QED) is 0.664. The number of nitrogens with one attached hydrogen (secondary N) is 2. The smallest absolute Gasteiger partial charge is 0.276 e. The van der Waals surface area contributed by atoms with E-state index in [2.05, 4.69) is 20.8 Å². The van der Waals surface area contributed by atoms with Crippen molar-refractivity contribution in [2.75, 3.05) is 17.4 Å². The molecule has 0 radical (unpaired) electrons. The summed E-state index contributed by atoms with van der Waals surface area (Å²) in [4.78, 5) is 12.1. The molecule has 0 saturated carbocycles. The second-order valence-corrected chi connectivity index (χ2v) is 5.67. The summed E-state index contributed by atoms with van der Waals surface area (Å²) in [6.07, 6.45) is 0. The Morgan fingerprint density at radius 3 is 2.54 bits per heavy atom. The zero-order valence-electron chi connectivity index (χ0n) is 14.0. The first-order chi connectivity index (χ1) is 13.5. The number of benzene rings is 2. The number of fused-ring (bicyclic) bond motifs is 1. The van der Waals surface area contributed by atoms with Crippen molar-refractivity contribution in [3.05, 3.63) is 65.6 Å². The molecular formula is C18H11F3N4O3. The SMILES string of the molecule is O=C(Nc1ccc(F)c(F)c1F)c1ccc(Nc2ccc3c(c2)OCO3)nn1. The number of nitrogens with zero attached hydrogens (tertiary/aromatic N) is 2. The molecule has 142 valence electrons. The maximum absolute atomic E-state index is 13.6. The number of halogens is 3. The third kappa shape index (κ3) is 3.39. The average Bonchev–Trinajstić information content (AvgIpc) is 3.17. The molecule has 28 heavy (non-hydrogen) atoms. The average molecular weight is 388 g/mol. The van der Waals surface area contributed by atoms with Crippen LogP contribution >= 0.6 is 0 Å². The lowest BCUT2D eigenvalue weighted by atomic mass is 10.2. The van der Waals surface area contributed by atoms with Crippen molar-refractivity contribution >= 4 is 23.1 Å². The van der Waals surface area contributed by atoms with Gasteiger partial charge in [-0.25, -0.2) is 13.2 Å². The van der Waals surface area contributed by atoms with E-state index in [1.165, 1.54) is 12.1 Å². The minimum absolute atomic E-state index is 0.139. The summed E-state index contributed by atoms with van der Waals surface area (Å²) in [7, 11) is 0. The van der Waals surface area contributed by atoms with Crippen molar-refractivity contribution in [1.82, 2.24) is 10.2 Å². The highest BCUT2D eigenvalue weighted by Crippen LogP contribution is 2.34. The first-order valence-electron chi connectivity index (χ1n) is 7.96. The number of rotatable bonds is 4. The standard InChI is InChI=1S/C18H11F3N4O3/c19-10-2-3-11(17(21)16(10)20)23-18(26)12-4-6-15(25-24-12)22-9-1-5-13-14(7-9)28-8-27-13/h1-7H,8H2,(H,22,25)(H,23,26). The van der Waals surface area contributed by atoms with Gasteiger partial charge in [0.2, 0.25) is 6.79 Å². The van der Waals surface area contributed by atoms with Crippen LogP contribution in [-0.2, 0) is 0 Å². The molecule has 2 N–H and O–H groups in total. The lowest BCUT2D eigenvalue weighted by Crippen LogP contribution is -2.16. The number of ether oxygens (including phenoxy) is 2. The highest BCUT2D eigenvalue weighted by atomic mass is 19.2. The van der Waals surface area contributed by atoms with Gasteiger partial charge >= 0.3 is 0 Å². The summed E-state index contributed by atoms with van der Waals surface area (Å²) >= 11 is 0. The largest absolute Gasteiger partial charge is 0.454 e. The Kier molecular flexibility index (Phi) is 4.44. The van der Waals surface area contributed by atoms with Crippen molar-refractivity contribution in [2.45, 2.75) is 0 Å². The summed E-state index contributed by atoms with van der Waals surface area (Å²) < 4.78 is 50.3. The Hall–Kier alpha value is -3.82. The van der Waals surface area contributed by atoms with Gasteiger partial charge in [-0.15, -0.1) is 10.2 Å². The minimum atomic E-state index is -1.67. The van der Waals surface area contributed by atoms with Crippen LogP contribution in [0.15, 0.2) is 42.5 Å². The van der Waals surface area contributed by atoms with Crippen LogP contribution < -0.4 is 20.1 Å². The van der Waals surface area contributed by atoms with E-state index in [1.807, 2.05) is 0 Å².